The normalized spacial score (nSPS) is 10.3. The summed E-state index contributed by atoms with van der Waals surface area (Å²) in [4.78, 5) is 24.8. The van der Waals surface area contributed by atoms with E-state index in [1.165, 1.54) is 4.68 Å². The highest BCUT2D eigenvalue weighted by Crippen LogP contribution is 2.23. The number of aromatic nitrogens is 2. The molecule has 0 aliphatic carbocycles. The molecule has 0 saturated carbocycles. The van der Waals surface area contributed by atoms with Crippen LogP contribution in [0.3, 0.4) is 0 Å². The number of benzene rings is 2. The number of anilines is 1. The summed E-state index contributed by atoms with van der Waals surface area (Å²) in [5, 5.41) is 10.3. The largest absolute Gasteiger partial charge is 0.343 e. The third kappa shape index (κ3) is 5.01. The molecule has 0 radical (unpaired) electrons. The minimum atomic E-state index is -0.490. The zero-order valence-electron chi connectivity index (χ0n) is 16.1. The van der Waals surface area contributed by atoms with Gasteiger partial charge in [-0.3, -0.25) is 9.59 Å². The number of hydrogen-bond donors (Lipinski definition) is 2. The molecule has 152 valence electrons. The van der Waals surface area contributed by atoms with Crippen LogP contribution in [-0.4, -0.2) is 28.1 Å². The molecule has 3 aromatic rings. The van der Waals surface area contributed by atoms with Gasteiger partial charge in [0.1, 0.15) is 5.15 Å². The molecule has 0 bridgehead atoms. The van der Waals surface area contributed by atoms with Gasteiger partial charge in [0.15, 0.2) is 0 Å². The van der Waals surface area contributed by atoms with Crippen LogP contribution < -0.4 is 10.6 Å². The third-order valence-corrected chi connectivity index (χ3v) is 5.05. The Labute approximate surface area is 184 Å². The fraction of sp³-hybridized carbons (Fsp3) is 0.136. The average molecular weight is 441 g/mol. The molecule has 0 aliphatic heterocycles. The second-order valence-electron chi connectivity index (χ2n) is 6.46. The number of terminal acetylenes is 1. The molecular weight excluding hydrogens is 423 g/mol. The van der Waals surface area contributed by atoms with Crippen LogP contribution in [-0.2, 0) is 11.3 Å². The van der Waals surface area contributed by atoms with Gasteiger partial charge >= 0.3 is 0 Å². The quantitative estimate of drug-likeness (QED) is 0.570. The zero-order valence-corrected chi connectivity index (χ0v) is 17.6. The molecule has 0 fully saturated rings. The molecule has 1 aromatic heterocycles. The number of hydrogen-bond acceptors (Lipinski definition) is 3. The number of halogens is 2. The van der Waals surface area contributed by atoms with Gasteiger partial charge in [0.05, 0.1) is 24.3 Å². The van der Waals surface area contributed by atoms with Crippen LogP contribution in [0.15, 0.2) is 48.5 Å². The summed E-state index contributed by atoms with van der Waals surface area (Å²) in [5.41, 5.74) is 2.68. The minimum Gasteiger partial charge on any atom is -0.343 e. The summed E-state index contributed by atoms with van der Waals surface area (Å²) >= 11 is 12.6. The van der Waals surface area contributed by atoms with Crippen LogP contribution in [0.1, 0.15) is 27.2 Å². The number of nitrogens with one attached hydrogen (secondary N) is 2. The summed E-state index contributed by atoms with van der Waals surface area (Å²) < 4.78 is 1.50. The van der Waals surface area contributed by atoms with Crippen LogP contribution in [0.25, 0.3) is 0 Å². The fourth-order valence-electron chi connectivity index (χ4n) is 2.84. The molecule has 6 nitrogen and oxygen atoms in total. The van der Waals surface area contributed by atoms with Crippen molar-refractivity contribution in [3.63, 3.8) is 0 Å². The first-order chi connectivity index (χ1) is 14.4. The number of aryl methyl sites for hydroxylation is 1. The maximum absolute atomic E-state index is 12.6. The highest BCUT2D eigenvalue weighted by molar-refractivity contribution is 6.33. The molecule has 3 rings (SSSR count). The van der Waals surface area contributed by atoms with E-state index < -0.39 is 11.8 Å². The lowest BCUT2D eigenvalue weighted by molar-refractivity contribution is -0.115. The minimum absolute atomic E-state index is 0.173. The zero-order chi connectivity index (χ0) is 21.7. The van der Waals surface area contributed by atoms with Crippen LogP contribution in [0, 0.1) is 19.3 Å². The smallest absolute Gasteiger partial charge is 0.256 e. The number of amides is 2. The number of rotatable bonds is 6. The van der Waals surface area contributed by atoms with Crippen LogP contribution in [0.2, 0.25) is 10.2 Å². The van der Waals surface area contributed by atoms with E-state index in [2.05, 4.69) is 21.7 Å². The summed E-state index contributed by atoms with van der Waals surface area (Å²) in [5.74, 6) is 1.61. The van der Waals surface area contributed by atoms with Crippen molar-refractivity contribution in [3.8, 4) is 12.3 Å². The Morgan fingerprint density at radius 1 is 1.17 bits per heavy atom. The second kappa shape index (κ2) is 9.49. The first-order valence-corrected chi connectivity index (χ1v) is 9.75. The van der Waals surface area contributed by atoms with Gasteiger partial charge in [0, 0.05) is 16.3 Å². The van der Waals surface area contributed by atoms with Gasteiger partial charge in [-0.05, 0) is 36.8 Å². The van der Waals surface area contributed by atoms with E-state index in [1.807, 2.05) is 18.2 Å². The molecule has 8 heteroatoms. The van der Waals surface area contributed by atoms with Crippen molar-refractivity contribution < 1.29 is 9.59 Å². The van der Waals surface area contributed by atoms with Gasteiger partial charge in [-0.1, -0.05) is 53.4 Å². The topological polar surface area (TPSA) is 76.0 Å². The van der Waals surface area contributed by atoms with E-state index in [0.29, 0.717) is 28.5 Å². The van der Waals surface area contributed by atoms with Gasteiger partial charge in [-0.25, -0.2) is 4.68 Å². The molecule has 0 aliphatic rings. The van der Waals surface area contributed by atoms with Crippen molar-refractivity contribution in [1.29, 1.82) is 0 Å². The Balaban J connectivity index is 1.65. The molecule has 2 N–H and O–H groups in total. The number of nitrogens with zero attached hydrogens (tertiary/aromatic N) is 2. The van der Waals surface area contributed by atoms with Gasteiger partial charge < -0.3 is 10.6 Å². The van der Waals surface area contributed by atoms with Crippen molar-refractivity contribution in [2.24, 2.45) is 0 Å². The lowest BCUT2D eigenvalue weighted by Crippen LogP contribution is -2.33. The van der Waals surface area contributed by atoms with E-state index in [-0.39, 0.29) is 17.3 Å². The van der Waals surface area contributed by atoms with Crippen LogP contribution in [0.5, 0.6) is 0 Å². The maximum Gasteiger partial charge on any atom is 0.256 e. The van der Waals surface area contributed by atoms with Crippen LogP contribution in [0.4, 0.5) is 5.69 Å². The van der Waals surface area contributed by atoms with E-state index in [0.717, 1.165) is 5.56 Å². The number of carbonyl (C=O) groups is 2. The Morgan fingerprint density at radius 2 is 1.93 bits per heavy atom. The van der Waals surface area contributed by atoms with Gasteiger partial charge in [-0.15, -0.1) is 6.42 Å². The average Bonchev–Trinajstić information content (AvgIpc) is 3.01. The maximum atomic E-state index is 12.6. The first-order valence-electron chi connectivity index (χ1n) is 9.00. The van der Waals surface area contributed by atoms with E-state index in [4.69, 9.17) is 29.6 Å². The van der Waals surface area contributed by atoms with E-state index in [9.17, 15) is 9.59 Å². The Hall–Kier alpha value is -3.27. The third-order valence-electron chi connectivity index (χ3n) is 4.29. The predicted octanol–water partition coefficient (Wildman–Crippen LogP) is 3.90. The molecule has 0 saturated heterocycles. The van der Waals surface area contributed by atoms with Crippen molar-refractivity contribution in [2.45, 2.75) is 13.5 Å². The fourth-order valence-corrected chi connectivity index (χ4v) is 3.36. The first kappa shape index (κ1) is 21.4. The van der Waals surface area contributed by atoms with Crippen molar-refractivity contribution in [2.75, 3.05) is 11.9 Å². The summed E-state index contributed by atoms with van der Waals surface area (Å²) in [6.07, 6.45) is 5.35. The SMILES string of the molecule is C#Cc1cccc(NC(=O)CNC(=O)c2c(C)nn(Cc3ccccc3Cl)c2Cl)c1. The Morgan fingerprint density at radius 3 is 2.67 bits per heavy atom. The molecule has 30 heavy (non-hydrogen) atoms. The van der Waals surface area contributed by atoms with Gasteiger partial charge in [-0.2, -0.15) is 5.10 Å². The van der Waals surface area contributed by atoms with Crippen molar-refractivity contribution in [3.05, 3.63) is 81.1 Å². The van der Waals surface area contributed by atoms with Crippen molar-refractivity contribution in [1.82, 2.24) is 15.1 Å². The predicted molar refractivity (Wildman–Crippen MR) is 118 cm³/mol. The molecule has 2 aromatic carbocycles. The second-order valence-corrected chi connectivity index (χ2v) is 7.22. The highest BCUT2D eigenvalue weighted by Gasteiger charge is 2.21. The van der Waals surface area contributed by atoms with Gasteiger partial charge in [0.2, 0.25) is 5.91 Å². The molecule has 1 heterocycles. The highest BCUT2D eigenvalue weighted by atomic mass is 35.5. The lowest BCUT2D eigenvalue weighted by Gasteiger charge is -2.08. The summed E-state index contributed by atoms with van der Waals surface area (Å²) in [6, 6.07) is 14.2. The summed E-state index contributed by atoms with van der Waals surface area (Å²) in [6.45, 7) is 1.76. The lowest BCUT2D eigenvalue weighted by atomic mass is 10.2. The molecule has 0 unspecified atom stereocenters. The Kier molecular flexibility index (Phi) is 6.78. The molecular formula is C22H18Cl2N4O2. The number of carbonyl (C=O) groups excluding carboxylic acids is 2. The molecule has 2 amide bonds. The monoisotopic (exact) mass is 440 g/mol. The van der Waals surface area contributed by atoms with Crippen molar-refractivity contribution >= 4 is 40.7 Å². The summed E-state index contributed by atoms with van der Waals surface area (Å²) in [7, 11) is 0. The van der Waals surface area contributed by atoms with Crippen LogP contribution >= 0.6 is 23.2 Å². The Bertz CT molecular complexity index is 1150. The van der Waals surface area contributed by atoms with Gasteiger partial charge in [0.25, 0.3) is 5.91 Å². The standard InChI is InChI=1S/C22H18Cl2N4O2/c1-3-15-7-6-9-17(11-15)26-19(29)12-25-22(30)20-14(2)27-28(21(20)24)13-16-8-4-5-10-18(16)23/h1,4-11H,12-13H2,2H3,(H,25,30)(H,26,29). The molecule has 0 spiro atoms. The molecule has 0 atom stereocenters. The van der Waals surface area contributed by atoms with E-state index >= 15 is 0 Å². The van der Waals surface area contributed by atoms with E-state index in [1.54, 1.807) is 37.3 Å².